The number of carbonyl (C=O) groups excluding carboxylic acids is 2. The molecule has 0 aliphatic rings. The number of hydrogen-bond donors (Lipinski definition) is 1. The maximum absolute atomic E-state index is 12.7. The van der Waals surface area contributed by atoms with Gasteiger partial charge in [0, 0.05) is 45.8 Å². The van der Waals surface area contributed by atoms with Crippen molar-refractivity contribution in [2.45, 2.75) is 169 Å². The van der Waals surface area contributed by atoms with E-state index in [-0.39, 0.29) is 18.7 Å². The van der Waals surface area contributed by atoms with Crippen LogP contribution in [0.2, 0.25) is 0 Å². The van der Waals surface area contributed by atoms with Crippen LogP contribution in [0.25, 0.3) is 0 Å². The summed E-state index contributed by atoms with van der Waals surface area (Å²) in [6.45, 7) is 16.7. The fourth-order valence-electron chi connectivity index (χ4n) is 6.75. The highest BCUT2D eigenvalue weighted by atomic mass is 16.7. The van der Waals surface area contributed by atoms with E-state index >= 15 is 0 Å². The molecule has 0 heterocycles. The van der Waals surface area contributed by atoms with Crippen LogP contribution < -0.4 is 0 Å². The van der Waals surface area contributed by atoms with Gasteiger partial charge in [-0.2, -0.15) is 0 Å². The Bertz CT molecular complexity index is 972. The number of aliphatic hydroxyl groups excluding tert-OH is 1. The summed E-state index contributed by atoms with van der Waals surface area (Å²) in [6, 6.07) is 10.3. The predicted octanol–water partition coefficient (Wildman–Crippen LogP) is 10.4. The number of benzene rings is 1. The molecule has 9 nitrogen and oxygen atoms in total. The standard InChI is InChI=1S/C45H82N2O7/c1-5-9-12-18-28-43(29-21-30-44(49)53-40-42(24-14-10-6-2)25-15-11-7-3)54-45(50)52-38-23-33-47(32-22-36-48)35-34-46(8-4)31-19-20-37-51-39-41-26-16-13-17-27-41/h13,16-17,26-27,42-43,48H,5-12,14-15,18-25,28-40H2,1-4H3. The lowest BCUT2D eigenvalue weighted by Gasteiger charge is -2.27. The van der Waals surface area contributed by atoms with E-state index in [4.69, 9.17) is 18.9 Å². The maximum atomic E-state index is 12.7. The van der Waals surface area contributed by atoms with Crippen molar-refractivity contribution in [1.29, 1.82) is 0 Å². The number of nitrogens with zero attached hydrogens (tertiary/aromatic N) is 2. The van der Waals surface area contributed by atoms with E-state index < -0.39 is 6.16 Å². The highest BCUT2D eigenvalue weighted by molar-refractivity contribution is 5.69. The van der Waals surface area contributed by atoms with Crippen LogP contribution in [0.5, 0.6) is 0 Å². The van der Waals surface area contributed by atoms with Crippen molar-refractivity contribution in [3.8, 4) is 0 Å². The summed E-state index contributed by atoms with van der Waals surface area (Å²) in [5.41, 5.74) is 1.21. The van der Waals surface area contributed by atoms with Crippen molar-refractivity contribution in [3.05, 3.63) is 35.9 Å². The Morgan fingerprint density at radius 1 is 0.630 bits per heavy atom. The van der Waals surface area contributed by atoms with Crippen LogP contribution in [0.15, 0.2) is 30.3 Å². The van der Waals surface area contributed by atoms with E-state index in [1.165, 1.54) is 44.1 Å². The average Bonchev–Trinajstić information content (AvgIpc) is 3.18. The Balaban J connectivity index is 2.42. The molecule has 0 radical (unpaired) electrons. The molecule has 1 aromatic rings. The Morgan fingerprint density at radius 2 is 1.26 bits per heavy atom. The highest BCUT2D eigenvalue weighted by Crippen LogP contribution is 2.20. The summed E-state index contributed by atoms with van der Waals surface area (Å²) >= 11 is 0. The third kappa shape index (κ3) is 29.1. The second kappa shape index (κ2) is 36.4. The van der Waals surface area contributed by atoms with Crippen molar-refractivity contribution in [2.75, 3.05) is 65.7 Å². The summed E-state index contributed by atoms with van der Waals surface area (Å²) in [4.78, 5) is 30.2. The molecular weight excluding hydrogens is 681 g/mol. The third-order valence-corrected chi connectivity index (χ3v) is 10.2. The number of rotatable bonds is 38. The summed E-state index contributed by atoms with van der Waals surface area (Å²) in [5, 5.41) is 9.47. The molecule has 0 spiro atoms. The largest absolute Gasteiger partial charge is 0.508 e. The molecule has 0 aliphatic carbocycles. The van der Waals surface area contributed by atoms with Gasteiger partial charge < -0.3 is 33.9 Å². The SMILES string of the molecule is CCCCCCC(CCCC(=O)OCC(CCCCC)CCCCC)OC(=O)OCCCN(CCCO)CCN(CC)CCCCOCc1ccccc1. The van der Waals surface area contributed by atoms with E-state index in [1.54, 1.807) is 0 Å². The lowest BCUT2D eigenvalue weighted by Crippen LogP contribution is -2.37. The first kappa shape index (κ1) is 49.8. The molecule has 1 aromatic carbocycles. The normalized spacial score (nSPS) is 12.1. The van der Waals surface area contributed by atoms with Gasteiger partial charge in [0.05, 0.1) is 19.8 Å². The van der Waals surface area contributed by atoms with Crippen molar-refractivity contribution < 1.29 is 33.6 Å². The lowest BCUT2D eigenvalue weighted by molar-refractivity contribution is -0.145. The van der Waals surface area contributed by atoms with Gasteiger partial charge in [0.2, 0.25) is 0 Å². The number of esters is 1. The molecule has 1 rings (SSSR count). The van der Waals surface area contributed by atoms with Crippen molar-refractivity contribution in [3.63, 3.8) is 0 Å². The predicted molar refractivity (Wildman–Crippen MR) is 222 cm³/mol. The van der Waals surface area contributed by atoms with Crippen LogP contribution in [-0.4, -0.2) is 98.8 Å². The van der Waals surface area contributed by atoms with Gasteiger partial charge in [0.25, 0.3) is 0 Å². The molecule has 0 aliphatic heterocycles. The number of likely N-dealkylation sites (N-methyl/N-ethyl adjacent to an activating group) is 1. The third-order valence-electron chi connectivity index (χ3n) is 10.2. The monoisotopic (exact) mass is 763 g/mol. The van der Waals surface area contributed by atoms with E-state index in [0.29, 0.717) is 51.4 Å². The Hall–Kier alpha value is -2.20. The van der Waals surface area contributed by atoms with E-state index in [9.17, 15) is 14.7 Å². The first-order chi connectivity index (χ1) is 26.4. The summed E-state index contributed by atoms with van der Waals surface area (Å²) in [5.74, 6) is 0.311. The number of aliphatic hydroxyl groups is 1. The lowest BCUT2D eigenvalue weighted by atomic mass is 9.96. The molecule has 0 saturated carbocycles. The molecule has 1 N–H and O–H groups in total. The van der Waals surface area contributed by atoms with Crippen LogP contribution in [0.3, 0.4) is 0 Å². The molecule has 314 valence electrons. The summed E-state index contributed by atoms with van der Waals surface area (Å²) in [7, 11) is 0. The van der Waals surface area contributed by atoms with Gasteiger partial charge in [-0.05, 0) is 88.8 Å². The molecule has 0 fully saturated rings. The van der Waals surface area contributed by atoms with Crippen LogP contribution in [-0.2, 0) is 30.3 Å². The van der Waals surface area contributed by atoms with Crippen molar-refractivity contribution in [2.24, 2.45) is 5.92 Å². The minimum atomic E-state index is -0.619. The van der Waals surface area contributed by atoms with Crippen molar-refractivity contribution >= 4 is 12.1 Å². The van der Waals surface area contributed by atoms with E-state index in [1.807, 2.05) is 18.2 Å². The Morgan fingerprint density at radius 3 is 1.94 bits per heavy atom. The molecule has 1 atom stereocenters. The highest BCUT2D eigenvalue weighted by Gasteiger charge is 2.18. The zero-order valence-corrected chi connectivity index (χ0v) is 35.3. The average molecular weight is 763 g/mol. The molecule has 0 saturated heterocycles. The van der Waals surface area contributed by atoms with Crippen LogP contribution in [0.4, 0.5) is 4.79 Å². The molecule has 0 bridgehead atoms. The molecule has 1 unspecified atom stereocenters. The first-order valence-electron chi connectivity index (χ1n) is 22.1. The molecule has 0 aromatic heterocycles. The van der Waals surface area contributed by atoms with Gasteiger partial charge in [-0.15, -0.1) is 0 Å². The topological polar surface area (TPSA) is 97.8 Å². The van der Waals surface area contributed by atoms with E-state index in [2.05, 4.69) is 49.6 Å². The number of carbonyl (C=O) groups is 2. The minimum absolute atomic E-state index is 0.143. The van der Waals surface area contributed by atoms with Crippen LogP contribution >= 0.6 is 0 Å². The van der Waals surface area contributed by atoms with Gasteiger partial charge in [-0.25, -0.2) is 4.79 Å². The fraction of sp³-hybridized carbons (Fsp3) is 0.822. The summed E-state index contributed by atoms with van der Waals surface area (Å²) in [6.07, 6.45) is 19.0. The van der Waals surface area contributed by atoms with Gasteiger partial charge in [0.1, 0.15) is 6.10 Å². The zero-order valence-electron chi connectivity index (χ0n) is 35.3. The van der Waals surface area contributed by atoms with Crippen molar-refractivity contribution in [1.82, 2.24) is 9.80 Å². The second-order valence-electron chi connectivity index (χ2n) is 15.1. The molecule has 0 amide bonds. The van der Waals surface area contributed by atoms with Gasteiger partial charge in [0.15, 0.2) is 0 Å². The Kier molecular flexibility index (Phi) is 33.6. The second-order valence-corrected chi connectivity index (χ2v) is 15.1. The first-order valence-corrected chi connectivity index (χ1v) is 22.1. The smallest absolute Gasteiger partial charge is 0.465 e. The Labute approximate surface area is 331 Å². The number of ether oxygens (including phenoxy) is 4. The zero-order chi connectivity index (χ0) is 39.3. The van der Waals surface area contributed by atoms with Gasteiger partial charge in [-0.1, -0.05) is 116 Å². The summed E-state index contributed by atoms with van der Waals surface area (Å²) < 4.78 is 22.9. The van der Waals surface area contributed by atoms with Crippen LogP contribution in [0, 0.1) is 5.92 Å². The van der Waals surface area contributed by atoms with E-state index in [0.717, 1.165) is 110 Å². The maximum Gasteiger partial charge on any atom is 0.508 e. The quantitative estimate of drug-likeness (QED) is 0.0521. The number of hydrogen-bond acceptors (Lipinski definition) is 9. The molecular formula is C45H82N2O7. The molecule has 54 heavy (non-hydrogen) atoms. The fourth-order valence-corrected chi connectivity index (χ4v) is 6.75. The van der Waals surface area contributed by atoms with Crippen LogP contribution in [0.1, 0.15) is 162 Å². The van der Waals surface area contributed by atoms with Gasteiger partial charge >= 0.3 is 12.1 Å². The molecule has 9 heteroatoms. The number of unbranched alkanes of at least 4 members (excludes halogenated alkanes) is 8. The van der Waals surface area contributed by atoms with Gasteiger partial charge in [-0.3, -0.25) is 4.79 Å². The minimum Gasteiger partial charge on any atom is -0.465 e.